The van der Waals surface area contributed by atoms with Gasteiger partial charge in [-0.1, -0.05) is 0 Å². The number of carbonyl (C=O) groups is 1. The van der Waals surface area contributed by atoms with E-state index in [0.29, 0.717) is 6.20 Å². The lowest BCUT2D eigenvalue weighted by atomic mass is 10.0. The lowest BCUT2D eigenvalue weighted by Crippen LogP contribution is -2.13. The maximum Gasteiger partial charge on any atom is 0.437 e. The first-order valence-electron chi connectivity index (χ1n) is 4.81. The molecule has 106 valence electrons. The molecular formula is C10H8F5NO3. The highest BCUT2D eigenvalue weighted by atomic mass is 19.4. The van der Waals surface area contributed by atoms with Crippen LogP contribution in [0.25, 0.3) is 0 Å². The highest BCUT2D eigenvalue weighted by molar-refractivity contribution is 5.73. The van der Waals surface area contributed by atoms with E-state index in [1.807, 2.05) is 0 Å². The SMILES string of the molecule is COC(=O)Cc1cnc(C(F)(F)F)c(O)c1C(F)F. The highest BCUT2D eigenvalue weighted by Crippen LogP contribution is 2.40. The number of hydrogen-bond acceptors (Lipinski definition) is 4. The molecule has 0 aromatic carbocycles. The van der Waals surface area contributed by atoms with Crippen molar-refractivity contribution in [3.8, 4) is 5.75 Å². The number of methoxy groups -OCH3 is 1. The van der Waals surface area contributed by atoms with Crippen molar-refractivity contribution in [1.82, 2.24) is 4.98 Å². The van der Waals surface area contributed by atoms with E-state index in [0.717, 1.165) is 7.11 Å². The molecule has 4 nitrogen and oxygen atoms in total. The monoisotopic (exact) mass is 285 g/mol. The Labute approximate surface area is 103 Å². The van der Waals surface area contributed by atoms with Crippen LogP contribution in [0.4, 0.5) is 22.0 Å². The van der Waals surface area contributed by atoms with Crippen molar-refractivity contribution in [2.45, 2.75) is 19.0 Å². The molecule has 0 bridgehead atoms. The third kappa shape index (κ3) is 3.30. The van der Waals surface area contributed by atoms with Crippen LogP contribution in [0.3, 0.4) is 0 Å². The fourth-order valence-corrected chi connectivity index (χ4v) is 1.37. The number of ether oxygens (including phenoxy) is 1. The number of esters is 1. The second-order valence-electron chi connectivity index (χ2n) is 3.45. The zero-order valence-electron chi connectivity index (χ0n) is 9.46. The molecule has 1 N–H and O–H groups in total. The number of hydrogen-bond donors (Lipinski definition) is 1. The fourth-order valence-electron chi connectivity index (χ4n) is 1.37. The molecule has 0 aliphatic rings. The largest absolute Gasteiger partial charge is 0.505 e. The van der Waals surface area contributed by atoms with Gasteiger partial charge in [-0.15, -0.1) is 0 Å². The quantitative estimate of drug-likeness (QED) is 0.684. The Morgan fingerprint density at radius 3 is 2.47 bits per heavy atom. The minimum Gasteiger partial charge on any atom is -0.505 e. The summed E-state index contributed by atoms with van der Waals surface area (Å²) in [6.07, 6.45) is -8.70. The molecule has 0 saturated heterocycles. The molecule has 1 aromatic heterocycles. The van der Waals surface area contributed by atoms with E-state index in [1.54, 1.807) is 0 Å². The Morgan fingerprint density at radius 2 is 2.05 bits per heavy atom. The predicted molar refractivity (Wildman–Crippen MR) is 51.6 cm³/mol. The van der Waals surface area contributed by atoms with Crippen molar-refractivity contribution in [2.75, 3.05) is 7.11 Å². The van der Waals surface area contributed by atoms with Crippen LogP contribution in [0.15, 0.2) is 6.20 Å². The minimum atomic E-state index is -5.07. The van der Waals surface area contributed by atoms with Crippen molar-refractivity contribution in [1.29, 1.82) is 0 Å². The highest BCUT2D eigenvalue weighted by Gasteiger charge is 2.39. The van der Waals surface area contributed by atoms with Crippen LogP contribution < -0.4 is 0 Å². The molecule has 0 unspecified atom stereocenters. The summed E-state index contributed by atoms with van der Waals surface area (Å²) in [5.74, 6) is -2.62. The molecule has 19 heavy (non-hydrogen) atoms. The number of aromatic hydroxyl groups is 1. The molecule has 0 fully saturated rings. The standard InChI is InChI=1S/C10H8F5NO3/c1-19-5(17)2-4-3-16-8(10(13,14)15)7(18)6(4)9(11)12/h3,9,18H,2H2,1H3. The molecule has 0 aliphatic carbocycles. The molecule has 0 saturated carbocycles. The van der Waals surface area contributed by atoms with Gasteiger partial charge in [0.05, 0.1) is 19.1 Å². The molecule has 1 aromatic rings. The van der Waals surface area contributed by atoms with Crippen LogP contribution >= 0.6 is 0 Å². The van der Waals surface area contributed by atoms with Crippen molar-refractivity contribution >= 4 is 5.97 Å². The van der Waals surface area contributed by atoms with Gasteiger partial charge in [-0.25, -0.2) is 13.8 Å². The zero-order chi connectivity index (χ0) is 14.8. The van der Waals surface area contributed by atoms with Gasteiger partial charge in [-0.05, 0) is 5.56 Å². The predicted octanol–water partition coefficient (Wildman–Crippen LogP) is 2.46. The van der Waals surface area contributed by atoms with Crippen molar-refractivity contribution in [3.05, 3.63) is 23.0 Å². The number of rotatable bonds is 3. The summed E-state index contributed by atoms with van der Waals surface area (Å²) in [6, 6.07) is 0. The van der Waals surface area contributed by atoms with Crippen molar-refractivity contribution in [2.24, 2.45) is 0 Å². The first kappa shape index (κ1) is 15.1. The van der Waals surface area contributed by atoms with E-state index >= 15 is 0 Å². The number of aromatic nitrogens is 1. The van der Waals surface area contributed by atoms with Crippen LogP contribution in [-0.4, -0.2) is 23.2 Å². The molecule has 0 spiro atoms. The Kier molecular flexibility index (Phi) is 4.28. The first-order valence-corrected chi connectivity index (χ1v) is 4.81. The topological polar surface area (TPSA) is 59.4 Å². The zero-order valence-corrected chi connectivity index (χ0v) is 9.46. The third-order valence-corrected chi connectivity index (χ3v) is 2.22. The molecular weight excluding hydrogens is 277 g/mol. The fraction of sp³-hybridized carbons (Fsp3) is 0.400. The van der Waals surface area contributed by atoms with Crippen LogP contribution in [0.1, 0.15) is 23.2 Å². The van der Waals surface area contributed by atoms with Gasteiger partial charge in [-0.2, -0.15) is 13.2 Å². The van der Waals surface area contributed by atoms with Crippen molar-refractivity contribution in [3.63, 3.8) is 0 Å². The first-order chi connectivity index (χ1) is 8.68. The maximum absolute atomic E-state index is 12.7. The van der Waals surface area contributed by atoms with Crippen LogP contribution in [0.2, 0.25) is 0 Å². The third-order valence-electron chi connectivity index (χ3n) is 2.22. The van der Waals surface area contributed by atoms with Gasteiger partial charge in [0, 0.05) is 6.20 Å². The maximum atomic E-state index is 12.7. The van der Waals surface area contributed by atoms with Crippen LogP contribution in [0, 0.1) is 0 Å². The summed E-state index contributed by atoms with van der Waals surface area (Å²) in [5, 5.41) is 9.25. The molecule has 1 rings (SSSR count). The smallest absolute Gasteiger partial charge is 0.437 e. The van der Waals surface area contributed by atoms with E-state index in [4.69, 9.17) is 0 Å². The Bertz CT molecular complexity index is 487. The van der Waals surface area contributed by atoms with Gasteiger partial charge in [0.25, 0.3) is 6.43 Å². The van der Waals surface area contributed by atoms with Crippen LogP contribution in [0.5, 0.6) is 5.75 Å². The summed E-state index contributed by atoms with van der Waals surface area (Å²) >= 11 is 0. The molecule has 0 aliphatic heterocycles. The normalized spacial score (nSPS) is 11.7. The van der Waals surface area contributed by atoms with Gasteiger partial charge >= 0.3 is 12.1 Å². The summed E-state index contributed by atoms with van der Waals surface area (Å²) in [4.78, 5) is 13.8. The number of alkyl halides is 5. The van der Waals surface area contributed by atoms with Gasteiger partial charge in [-0.3, -0.25) is 4.79 Å². The second kappa shape index (κ2) is 5.37. The second-order valence-corrected chi connectivity index (χ2v) is 3.45. The molecule has 0 atom stereocenters. The summed E-state index contributed by atoms with van der Waals surface area (Å²) in [6.45, 7) is 0. The van der Waals surface area contributed by atoms with Gasteiger partial charge in [0.15, 0.2) is 11.4 Å². The summed E-state index contributed by atoms with van der Waals surface area (Å²) in [7, 11) is 0.988. The number of nitrogens with zero attached hydrogens (tertiary/aromatic N) is 1. The number of pyridine rings is 1. The lowest BCUT2D eigenvalue weighted by molar-refractivity contribution is -0.142. The van der Waals surface area contributed by atoms with E-state index in [-0.39, 0.29) is 0 Å². The van der Waals surface area contributed by atoms with Crippen LogP contribution in [-0.2, 0) is 22.1 Å². The number of carbonyl (C=O) groups excluding carboxylic acids is 1. The van der Waals surface area contributed by atoms with Crippen molar-refractivity contribution < 1.29 is 36.6 Å². The molecule has 0 amide bonds. The molecule has 9 heteroatoms. The van der Waals surface area contributed by atoms with Gasteiger partial charge < -0.3 is 9.84 Å². The Morgan fingerprint density at radius 1 is 1.47 bits per heavy atom. The summed E-state index contributed by atoms with van der Waals surface area (Å²) in [5.41, 5.74) is -3.61. The van der Waals surface area contributed by atoms with E-state index in [1.165, 1.54) is 0 Å². The van der Waals surface area contributed by atoms with Gasteiger partial charge in [0.2, 0.25) is 0 Å². The Hall–Kier alpha value is -1.93. The summed E-state index contributed by atoms with van der Waals surface area (Å²) < 4.78 is 66.8. The molecule has 0 radical (unpaired) electrons. The van der Waals surface area contributed by atoms with E-state index < -0.39 is 47.6 Å². The molecule has 1 heterocycles. The Balaban J connectivity index is 3.36. The van der Waals surface area contributed by atoms with E-state index in [2.05, 4.69) is 9.72 Å². The lowest BCUT2D eigenvalue weighted by Gasteiger charge is -2.14. The average Bonchev–Trinajstić information content (AvgIpc) is 2.26. The average molecular weight is 285 g/mol. The van der Waals surface area contributed by atoms with Gasteiger partial charge in [0.1, 0.15) is 0 Å². The number of halogens is 5. The van der Waals surface area contributed by atoms with E-state index in [9.17, 15) is 31.9 Å². The minimum absolute atomic E-state index is 0.473.